The van der Waals surface area contributed by atoms with E-state index in [0.29, 0.717) is 19.3 Å². The second kappa shape index (κ2) is 13.2. The van der Waals surface area contributed by atoms with Gasteiger partial charge in [-0.15, -0.1) is 0 Å². The van der Waals surface area contributed by atoms with Gasteiger partial charge in [0, 0.05) is 0 Å². The molecule has 0 fully saturated rings. The molecule has 0 bridgehead atoms. The van der Waals surface area contributed by atoms with Crippen molar-refractivity contribution < 1.29 is 19.8 Å². The fraction of sp³-hybridized carbons (Fsp3) is 0.846. The van der Waals surface area contributed by atoms with Crippen LogP contribution in [0.4, 0.5) is 0 Å². The molecule has 0 aromatic carbocycles. The van der Waals surface area contributed by atoms with Crippen LogP contribution >= 0.6 is 0 Å². The molecule has 0 aromatic heterocycles. The first-order chi connectivity index (χ1) is 14.2. The van der Waals surface area contributed by atoms with Crippen molar-refractivity contribution in [3.8, 4) is 0 Å². The second-order valence-electron chi connectivity index (χ2n) is 10.2. The van der Waals surface area contributed by atoms with Crippen molar-refractivity contribution in [2.45, 2.75) is 118 Å². The van der Waals surface area contributed by atoms with E-state index in [1.54, 1.807) is 0 Å². The zero-order valence-corrected chi connectivity index (χ0v) is 19.9. The number of unbranched alkanes of at least 4 members (excludes halogenated alkanes) is 9. The summed E-state index contributed by atoms with van der Waals surface area (Å²) in [7, 11) is 0. The SMILES string of the molecule is CC(C)CCCCCCCCCCCCC1(C(=O)O)CC=CCC1(C(=O)O)C(C)C. The van der Waals surface area contributed by atoms with Gasteiger partial charge in [0.15, 0.2) is 0 Å². The van der Waals surface area contributed by atoms with Gasteiger partial charge >= 0.3 is 11.9 Å². The number of hydrogen-bond donors (Lipinski definition) is 2. The molecule has 0 radical (unpaired) electrons. The van der Waals surface area contributed by atoms with E-state index >= 15 is 0 Å². The number of carboxylic acid groups (broad SMARTS) is 2. The topological polar surface area (TPSA) is 74.6 Å². The first kappa shape index (κ1) is 26.7. The zero-order chi connectivity index (χ0) is 22.6. The van der Waals surface area contributed by atoms with Crippen LogP contribution in [0.5, 0.6) is 0 Å². The summed E-state index contributed by atoms with van der Waals surface area (Å²) in [5.74, 6) is -1.31. The van der Waals surface area contributed by atoms with Crippen LogP contribution in [0.3, 0.4) is 0 Å². The van der Waals surface area contributed by atoms with Crippen LogP contribution in [0.2, 0.25) is 0 Å². The van der Waals surface area contributed by atoms with Crippen LogP contribution in [0.25, 0.3) is 0 Å². The average Bonchev–Trinajstić information content (AvgIpc) is 2.68. The molecule has 0 amide bonds. The highest BCUT2D eigenvalue weighted by Crippen LogP contribution is 2.56. The monoisotopic (exact) mass is 422 g/mol. The summed E-state index contributed by atoms with van der Waals surface area (Å²) in [6.45, 7) is 8.28. The highest BCUT2D eigenvalue weighted by atomic mass is 16.4. The maximum Gasteiger partial charge on any atom is 0.311 e. The number of hydrogen-bond acceptors (Lipinski definition) is 2. The lowest BCUT2D eigenvalue weighted by Gasteiger charge is -2.49. The molecular formula is C26H46O4. The average molecular weight is 423 g/mol. The van der Waals surface area contributed by atoms with Crippen molar-refractivity contribution in [3.63, 3.8) is 0 Å². The van der Waals surface area contributed by atoms with E-state index in [0.717, 1.165) is 25.2 Å². The van der Waals surface area contributed by atoms with E-state index in [2.05, 4.69) is 13.8 Å². The van der Waals surface area contributed by atoms with Gasteiger partial charge in [0.2, 0.25) is 0 Å². The number of allylic oxidation sites excluding steroid dienone is 2. The lowest BCUT2D eigenvalue weighted by molar-refractivity contribution is -0.181. The molecule has 2 unspecified atom stereocenters. The third-order valence-electron chi connectivity index (χ3n) is 7.34. The molecule has 0 heterocycles. The second-order valence-corrected chi connectivity index (χ2v) is 10.2. The van der Waals surface area contributed by atoms with Crippen molar-refractivity contribution >= 4 is 11.9 Å². The number of aliphatic carboxylic acids is 2. The van der Waals surface area contributed by atoms with Gasteiger partial charge < -0.3 is 10.2 Å². The summed E-state index contributed by atoms with van der Waals surface area (Å²) in [4.78, 5) is 24.6. The van der Waals surface area contributed by atoms with Crippen LogP contribution in [-0.2, 0) is 9.59 Å². The largest absolute Gasteiger partial charge is 0.481 e. The quantitative estimate of drug-likeness (QED) is 0.200. The maximum absolute atomic E-state index is 12.4. The van der Waals surface area contributed by atoms with Crippen LogP contribution in [0.1, 0.15) is 118 Å². The molecule has 4 nitrogen and oxygen atoms in total. The van der Waals surface area contributed by atoms with Crippen molar-refractivity contribution in [2.24, 2.45) is 22.7 Å². The first-order valence-corrected chi connectivity index (χ1v) is 12.3. The molecule has 0 saturated carbocycles. The molecule has 1 aliphatic carbocycles. The molecule has 2 atom stereocenters. The highest BCUT2D eigenvalue weighted by molar-refractivity contribution is 5.87. The van der Waals surface area contributed by atoms with Gasteiger partial charge in [-0.25, -0.2) is 0 Å². The van der Waals surface area contributed by atoms with Gasteiger partial charge in [0.1, 0.15) is 0 Å². The van der Waals surface area contributed by atoms with E-state index < -0.39 is 22.8 Å². The van der Waals surface area contributed by atoms with Crippen LogP contribution < -0.4 is 0 Å². The smallest absolute Gasteiger partial charge is 0.311 e. The highest BCUT2D eigenvalue weighted by Gasteiger charge is 2.62. The van der Waals surface area contributed by atoms with E-state index in [1.165, 1.54) is 51.4 Å². The molecule has 0 aromatic rings. The molecule has 0 aliphatic heterocycles. The van der Waals surface area contributed by atoms with Crippen molar-refractivity contribution in [1.29, 1.82) is 0 Å². The molecule has 174 valence electrons. The maximum atomic E-state index is 12.4. The number of rotatable bonds is 16. The minimum Gasteiger partial charge on any atom is -0.481 e. The molecule has 4 heteroatoms. The number of carbonyl (C=O) groups is 2. The molecule has 2 N–H and O–H groups in total. The molecule has 30 heavy (non-hydrogen) atoms. The van der Waals surface area contributed by atoms with Crippen molar-refractivity contribution in [3.05, 3.63) is 12.2 Å². The summed E-state index contributed by atoms with van der Waals surface area (Å²) in [5.41, 5.74) is -2.42. The van der Waals surface area contributed by atoms with Gasteiger partial charge in [-0.1, -0.05) is 110 Å². The van der Waals surface area contributed by atoms with Gasteiger partial charge in [-0.2, -0.15) is 0 Å². The third kappa shape index (κ3) is 6.85. The summed E-state index contributed by atoms with van der Waals surface area (Å²) in [6, 6.07) is 0. The Morgan fingerprint density at radius 3 is 1.63 bits per heavy atom. The Kier molecular flexibility index (Phi) is 11.7. The van der Waals surface area contributed by atoms with Crippen molar-refractivity contribution in [2.75, 3.05) is 0 Å². The Morgan fingerprint density at radius 1 is 0.733 bits per heavy atom. The molecule has 1 rings (SSSR count). The summed E-state index contributed by atoms with van der Waals surface area (Å²) in [6.07, 6.45) is 18.2. The first-order valence-electron chi connectivity index (χ1n) is 12.3. The van der Waals surface area contributed by atoms with E-state index in [4.69, 9.17) is 0 Å². The minimum absolute atomic E-state index is 0.225. The van der Waals surface area contributed by atoms with Gasteiger partial charge in [0.05, 0.1) is 10.8 Å². The lowest BCUT2D eigenvalue weighted by atomic mass is 9.51. The predicted octanol–water partition coefficient (Wildman–Crippen LogP) is 7.47. The fourth-order valence-electron chi connectivity index (χ4n) is 5.36. The Bertz CT molecular complexity index is 551. The van der Waals surface area contributed by atoms with Gasteiger partial charge in [-0.3, -0.25) is 9.59 Å². The third-order valence-corrected chi connectivity index (χ3v) is 7.34. The molecule has 1 aliphatic rings. The van der Waals surface area contributed by atoms with E-state index in [1.807, 2.05) is 26.0 Å². The number of carboxylic acids is 2. The Hall–Kier alpha value is -1.32. The van der Waals surface area contributed by atoms with Crippen LogP contribution in [0, 0.1) is 22.7 Å². The van der Waals surface area contributed by atoms with Crippen LogP contribution in [0.15, 0.2) is 12.2 Å². The van der Waals surface area contributed by atoms with Crippen molar-refractivity contribution in [1.82, 2.24) is 0 Å². The van der Waals surface area contributed by atoms with E-state index in [-0.39, 0.29) is 5.92 Å². The summed E-state index contributed by atoms with van der Waals surface area (Å²) >= 11 is 0. The van der Waals surface area contributed by atoms with E-state index in [9.17, 15) is 19.8 Å². The summed E-state index contributed by atoms with van der Waals surface area (Å²) in [5, 5.41) is 20.2. The molecule has 0 saturated heterocycles. The predicted molar refractivity (Wildman–Crippen MR) is 124 cm³/mol. The lowest BCUT2D eigenvalue weighted by Crippen LogP contribution is -2.56. The molecule has 0 spiro atoms. The Labute approximate surface area is 184 Å². The Balaban J connectivity index is 2.39. The minimum atomic E-state index is -1.22. The normalized spacial score (nSPS) is 23.9. The van der Waals surface area contributed by atoms with Crippen LogP contribution in [-0.4, -0.2) is 22.2 Å². The van der Waals surface area contributed by atoms with Gasteiger partial charge in [0.25, 0.3) is 0 Å². The van der Waals surface area contributed by atoms with Gasteiger partial charge in [-0.05, 0) is 31.1 Å². The molecular weight excluding hydrogens is 376 g/mol. The fourth-order valence-corrected chi connectivity index (χ4v) is 5.36. The Morgan fingerprint density at radius 2 is 1.20 bits per heavy atom. The summed E-state index contributed by atoms with van der Waals surface area (Å²) < 4.78 is 0. The zero-order valence-electron chi connectivity index (χ0n) is 19.9. The standard InChI is InChI=1S/C26H46O4/c1-21(2)17-13-11-9-7-5-6-8-10-12-14-18-25(23(27)28)19-15-16-20-26(25,22(3)4)24(29)30/h15-16,21-22H,5-14,17-20H2,1-4H3,(H,27,28)(H,29,30).